The quantitative estimate of drug-likeness (QED) is 0.815. The van der Waals surface area contributed by atoms with E-state index in [1.807, 2.05) is 13.2 Å². The molecule has 0 radical (unpaired) electrons. The van der Waals surface area contributed by atoms with Crippen molar-refractivity contribution in [2.24, 2.45) is 0 Å². The van der Waals surface area contributed by atoms with Crippen molar-refractivity contribution in [1.29, 1.82) is 0 Å². The Morgan fingerprint density at radius 3 is 2.80 bits per heavy atom. The van der Waals surface area contributed by atoms with E-state index in [1.54, 1.807) is 0 Å². The van der Waals surface area contributed by atoms with Crippen LogP contribution in [0.5, 0.6) is 0 Å². The summed E-state index contributed by atoms with van der Waals surface area (Å²) in [5, 5.41) is 4.03. The molecular formula is C12H17N3. The highest BCUT2D eigenvalue weighted by Gasteiger charge is 2.02. The van der Waals surface area contributed by atoms with E-state index in [2.05, 4.69) is 47.3 Å². The van der Waals surface area contributed by atoms with Crippen LogP contribution in [0.25, 0.3) is 10.9 Å². The first-order valence-corrected chi connectivity index (χ1v) is 5.15. The molecule has 0 bridgehead atoms. The van der Waals surface area contributed by atoms with Crippen LogP contribution in [0.4, 0.5) is 5.95 Å². The largest absolute Gasteiger partial charge is 0.357 e. The molecular weight excluding hydrogens is 186 g/mol. The highest BCUT2D eigenvalue weighted by molar-refractivity contribution is 5.79. The summed E-state index contributed by atoms with van der Waals surface area (Å²) in [5.41, 5.74) is 2.31. The SMILES string of the molecule is CNc1ncc2ccc(C(C)C)cc2n1.[HH]. The van der Waals surface area contributed by atoms with E-state index in [0.29, 0.717) is 11.9 Å². The standard InChI is InChI=1S/C12H15N3.H2/c1-8(2)9-4-5-10-7-14-12(13-3)15-11(10)6-9;/h4-8H,1-3H3,(H,13,14,15);1H. The molecule has 0 aliphatic carbocycles. The minimum Gasteiger partial charge on any atom is -0.357 e. The number of hydrogen-bond acceptors (Lipinski definition) is 3. The van der Waals surface area contributed by atoms with Gasteiger partial charge in [0.1, 0.15) is 0 Å². The normalized spacial score (nSPS) is 10.9. The van der Waals surface area contributed by atoms with Crippen LogP contribution in [-0.2, 0) is 0 Å². The lowest BCUT2D eigenvalue weighted by Crippen LogP contribution is -1.96. The van der Waals surface area contributed by atoms with Crippen LogP contribution in [-0.4, -0.2) is 17.0 Å². The van der Waals surface area contributed by atoms with Gasteiger partial charge in [-0.15, -0.1) is 0 Å². The molecule has 1 heterocycles. The first-order valence-electron chi connectivity index (χ1n) is 5.15. The predicted molar refractivity (Wildman–Crippen MR) is 65.3 cm³/mol. The number of nitrogens with one attached hydrogen (secondary N) is 1. The molecule has 3 nitrogen and oxygen atoms in total. The first-order chi connectivity index (χ1) is 7.20. The minimum absolute atomic E-state index is 0. The highest BCUT2D eigenvalue weighted by Crippen LogP contribution is 2.20. The van der Waals surface area contributed by atoms with Crippen molar-refractivity contribution < 1.29 is 1.43 Å². The van der Waals surface area contributed by atoms with Gasteiger partial charge in [0.05, 0.1) is 5.52 Å². The molecule has 0 amide bonds. The van der Waals surface area contributed by atoms with Crippen molar-refractivity contribution in [1.82, 2.24) is 9.97 Å². The molecule has 2 aromatic rings. The summed E-state index contributed by atoms with van der Waals surface area (Å²) in [5.74, 6) is 1.20. The molecule has 0 spiro atoms. The van der Waals surface area contributed by atoms with Gasteiger partial charge < -0.3 is 5.32 Å². The molecule has 1 aromatic carbocycles. The van der Waals surface area contributed by atoms with E-state index in [9.17, 15) is 0 Å². The Bertz CT molecular complexity index is 483. The van der Waals surface area contributed by atoms with Crippen molar-refractivity contribution >= 4 is 16.9 Å². The summed E-state index contributed by atoms with van der Waals surface area (Å²) in [6.45, 7) is 4.36. The molecule has 0 aliphatic heterocycles. The summed E-state index contributed by atoms with van der Waals surface area (Å²) >= 11 is 0. The van der Waals surface area contributed by atoms with E-state index < -0.39 is 0 Å². The number of nitrogens with zero attached hydrogens (tertiary/aromatic N) is 2. The van der Waals surface area contributed by atoms with Crippen LogP contribution in [0.3, 0.4) is 0 Å². The van der Waals surface area contributed by atoms with Crippen LogP contribution in [0.2, 0.25) is 0 Å². The Morgan fingerprint density at radius 1 is 1.33 bits per heavy atom. The zero-order valence-corrected chi connectivity index (χ0v) is 9.28. The van der Waals surface area contributed by atoms with E-state index in [-0.39, 0.29) is 1.43 Å². The number of rotatable bonds is 2. The first kappa shape index (κ1) is 9.90. The zero-order chi connectivity index (χ0) is 10.8. The third kappa shape index (κ3) is 1.91. The third-order valence-corrected chi connectivity index (χ3v) is 2.50. The van der Waals surface area contributed by atoms with Crippen LogP contribution in [0.15, 0.2) is 24.4 Å². The van der Waals surface area contributed by atoms with Gasteiger partial charge in [-0.2, -0.15) is 0 Å². The van der Waals surface area contributed by atoms with Crippen LogP contribution >= 0.6 is 0 Å². The summed E-state index contributed by atoms with van der Waals surface area (Å²) in [4.78, 5) is 8.59. The van der Waals surface area contributed by atoms with E-state index in [0.717, 1.165) is 10.9 Å². The molecule has 0 fully saturated rings. The second-order valence-electron chi connectivity index (χ2n) is 3.92. The lowest BCUT2D eigenvalue weighted by Gasteiger charge is -2.06. The van der Waals surface area contributed by atoms with Crippen LogP contribution in [0, 0.1) is 0 Å². The van der Waals surface area contributed by atoms with Crippen LogP contribution in [0.1, 0.15) is 26.8 Å². The Kier molecular flexibility index (Phi) is 2.54. The third-order valence-electron chi connectivity index (χ3n) is 2.50. The van der Waals surface area contributed by atoms with Gasteiger partial charge in [0, 0.05) is 20.1 Å². The van der Waals surface area contributed by atoms with Gasteiger partial charge in [-0.25, -0.2) is 9.97 Å². The summed E-state index contributed by atoms with van der Waals surface area (Å²) in [6, 6.07) is 6.34. The number of benzene rings is 1. The highest BCUT2D eigenvalue weighted by atomic mass is 15.1. The Labute approximate surface area is 91.0 Å². The maximum atomic E-state index is 4.41. The smallest absolute Gasteiger partial charge is 0.222 e. The molecule has 1 aromatic heterocycles. The molecule has 0 atom stereocenters. The maximum absolute atomic E-state index is 4.41. The molecule has 3 heteroatoms. The van der Waals surface area contributed by atoms with Crippen LogP contribution < -0.4 is 5.32 Å². The number of hydrogen-bond donors (Lipinski definition) is 1. The molecule has 0 saturated heterocycles. The number of fused-ring (bicyclic) bond motifs is 1. The fraction of sp³-hybridized carbons (Fsp3) is 0.333. The topological polar surface area (TPSA) is 37.8 Å². The summed E-state index contributed by atoms with van der Waals surface area (Å²) in [6.07, 6.45) is 1.85. The average Bonchev–Trinajstić information content (AvgIpc) is 2.27. The van der Waals surface area contributed by atoms with Crippen molar-refractivity contribution in [3.05, 3.63) is 30.0 Å². The van der Waals surface area contributed by atoms with Crippen molar-refractivity contribution in [2.45, 2.75) is 19.8 Å². The van der Waals surface area contributed by atoms with Gasteiger partial charge in [-0.05, 0) is 17.5 Å². The zero-order valence-electron chi connectivity index (χ0n) is 9.28. The molecule has 1 N–H and O–H groups in total. The second-order valence-corrected chi connectivity index (χ2v) is 3.92. The molecule has 80 valence electrons. The van der Waals surface area contributed by atoms with Gasteiger partial charge >= 0.3 is 0 Å². The molecule has 0 aliphatic rings. The van der Waals surface area contributed by atoms with Crippen molar-refractivity contribution in [3.63, 3.8) is 0 Å². The Balaban J connectivity index is 0.00000128. The number of anilines is 1. The van der Waals surface area contributed by atoms with Gasteiger partial charge in [0.25, 0.3) is 0 Å². The van der Waals surface area contributed by atoms with E-state index in [1.165, 1.54) is 5.56 Å². The Hall–Kier alpha value is -1.64. The van der Waals surface area contributed by atoms with Crippen molar-refractivity contribution in [3.8, 4) is 0 Å². The summed E-state index contributed by atoms with van der Waals surface area (Å²) in [7, 11) is 1.83. The lowest BCUT2D eigenvalue weighted by atomic mass is 10.0. The molecule has 2 rings (SSSR count). The lowest BCUT2D eigenvalue weighted by molar-refractivity contribution is 0.868. The Morgan fingerprint density at radius 2 is 2.13 bits per heavy atom. The maximum Gasteiger partial charge on any atom is 0.222 e. The fourth-order valence-electron chi connectivity index (χ4n) is 1.52. The predicted octanol–water partition coefficient (Wildman–Crippen LogP) is 3.04. The van der Waals surface area contributed by atoms with Gasteiger partial charge in [-0.3, -0.25) is 0 Å². The molecule has 0 unspecified atom stereocenters. The van der Waals surface area contributed by atoms with E-state index in [4.69, 9.17) is 0 Å². The molecule has 0 saturated carbocycles. The van der Waals surface area contributed by atoms with Gasteiger partial charge in [0.15, 0.2) is 0 Å². The van der Waals surface area contributed by atoms with E-state index >= 15 is 0 Å². The summed E-state index contributed by atoms with van der Waals surface area (Å²) < 4.78 is 0. The number of aromatic nitrogens is 2. The monoisotopic (exact) mass is 203 g/mol. The second kappa shape index (κ2) is 3.85. The van der Waals surface area contributed by atoms with Gasteiger partial charge in [-0.1, -0.05) is 26.0 Å². The fourth-order valence-corrected chi connectivity index (χ4v) is 1.52. The minimum atomic E-state index is 0. The van der Waals surface area contributed by atoms with Gasteiger partial charge in [0.2, 0.25) is 5.95 Å². The van der Waals surface area contributed by atoms with Crippen molar-refractivity contribution in [2.75, 3.05) is 12.4 Å². The average molecular weight is 203 g/mol. The molecule has 15 heavy (non-hydrogen) atoms.